The molecular formula is C15H9ClN4O. The largest absolute Gasteiger partial charge is 0.347 e. The van der Waals surface area contributed by atoms with E-state index >= 15 is 0 Å². The molecule has 0 saturated heterocycles. The topological polar surface area (TPSA) is 63.0 Å². The average Bonchev–Trinajstić information content (AvgIpc) is 2.89. The summed E-state index contributed by atoms with van der Waals surface area (Å²) >= 11 is 5.94. The number of aromatic amines is 1. The molecule has 0 aliphatic heterocycles. The number of hydrogen-bond acceptors (Lipinski definition) is 3. The van der Waals surface area contributed by atoms with Crippen LogP contribution in [0.15, 0.2) is 53.6 Å². The predicted octanol–water partition coefficient (Wildman–Crippen LogP) is 2.89. The van der Waals surface area contributed by atoms with Crippen LogP contribution >= 0.6 is 11.6 Å². The number of benzene rings is 1. The van der Waals surface area contributed by atoms with Gasteiger partial charge in [-0.25, -0.2) is 19.3 Å². The van der Waals surface area contributed by atoms with Crippen LogP contribution in [0.2, 0.25) is 5.15 Å². The fourth-order valence-electron chi connectivity index (χ4n) is 2.44. The second-order valence-corrected chi connectivity index (χ2v) is 5.09. The Bertz CT molecular complexity index is 1030. The number of fused-ring (bicyclic) bond motifs is 3. The van der Waals surface area contributed by atoms with Gasteiger partial charge in [-0.05, 0) is 40.8 Å². The highest BCUT2D eigenvalue weighted by molar-refractivity contribution is 6.29. The van der Waals surface area contributed by atoms with Crippen LogP contribution in [0.4, 0.5) is 0 Å². The van der Waals surface area contributed by atoms with Crippen molar-refractivity contribution < 1.29 is 0 Å². The van der Waals surface area contributed by atoms with E-state index in [0.717, 1.165) is 21.9 Å². The summed E-state index contributed by atoms with van der Waals surface area (Å²) in [7, 11) is 0. The fraction of sp³-hybridized carbons (Fsp3) is 0. The number of H-pyrrole nitrogens is 1. The van der Waals surface area contributed by atoms with E-state index in [1.54, 1.807) is 18.5 Å². The summed E-state index contributed by atoms with van der Waals surface area (Å²) < 4.78 is 1.49. The standard InChI is InChI=1S/C15H9ClN4O/c16-13-8-11(3-5-17-13)10-2-1-9-4-6-20-14(12(9)7-10)18-19-15(20)21/h1-8H,(H,19,21). The van der Waals surface area contributed by atoms with Crippen LogP contribution in [0, 0.1) is 0 Å². The number of nitrogens with zero attached hydrogens (tertiary/aromatic N) is 3. The molecule has 0 fully saturated rings. The van der Waals surface area contributed by atoms with Gasteiger partial charge in [0.05, 0.1) is 0 Å². The lowest BCUT2D eigenvalue weighted by Gasteiger charge is -2.05. The first-order chi connectivity index (χ1) is 10.2. The summed E-state index contributed by atoms with van der Waals surface area (Å²) in [6.45, 7) is 0. The number of rotatable bonds is 1. The van der Waals surface area contributed by atoms with Gasteiger partial charge in [0.1, 0.15) is 5.15 Å². The van der Waals surface area contributed by atoms with Crippen LogP contribution in [0.25, 0.3) is 27.5 Å². The van der Waals surface area contributed by atoms with Gasteiger partial charge >= 0.3 is 5.69 Å². The third-order valence-electron chi connectivity index (χ3n) is 3.46. The van der Waals surface area contributed by atoms with Crippen LogP contribution in [0.3, 0.4) is 0 Å². The lowest BCUT2D eigenvalue weighted by Crippen LogP contribution is -2.08. The zero-order chi connectivity index (χ0) is 14.4. The maximum Gasteiger partial charge on any atom is 0.347 e. The zero-order valence-corrected chi connectivity index (χ0v) is 11.5. The SMILES string of the molecule is O=c1[nH]nc2c3cc(-c4ccnc(Cl)c4)ccc3ccn12. The molecule has 4 rings (SSSR count). The Morgan fingerprint density at radius 3 is 2.81 bits per heavy atom. The molecule has 0 atom stereocenters. The Hall–Kier alpha value is -2.66. The third kappa shape index (κ3) is 1.90. The van der Waals surface area contributed by atoms with Crippen molar-refractivity contribution >= 4 is 28.0 Å². The second kappa shape index (κ2) is 4.43. The smallest absolute Gasteiger partial charge is 0.250 e. The molecule has 0 amide bonds. The lowest BCUT2D eigenvalue weighted by atomic mass is 10.0. The van der Waals surface area contributed by atoms with Crippen LogP contribution < -0.4 is 5.69 Å². The molecule has 102 valence electrons. The molecule has 4 aromatic rings. The van der Waals surface area contributed by atoms with Crippen molar-refractivity contribution in [1.82, 2.24) is 19.6 Å². The van der Waals surface area contributed by atoms with Crippen molar-refractivity contribution in [3.8, 4) is 11.1 Å². The van der Waals surface area contributed by atoms with E-state index in [0.29, 0.717) is 10.8 Å². The second-order valence-electron chi connectivity index (χ2n) is 4.71. The van der Waals surface area contributed by atoms with Crippen LogP contribution in [-0.4, -0.2) is 19.6 Å². The van der Waals surface area contributed by atoms with Gasteiger partial charge in [-0.15, -0.1) is 0 Å². The first kappa shape index (κ1) is 12.1. The van der Waals surface area contributed by atoms with Gasteiger partial charge in [0.2, 0.25) is 0 Å². The first-order valence-electron chi connectivity index (χ1n) is 6.34. The highest BCUT2D eigenvalue weighted by atomic mass is 35.5. The zero-order valence-electron chi connectivity index (χ0n) is 10.7. The van der Waals surface area contributed by atoms with Crippen molar-refractivity contribution in [3.05, 3.63) is 64.4 Å². The molecule has 0 radical (unpaired) electrons. The highest BCUT2D eigenvalue weighted by Gasteiger charge is 2.07. The lowest BCUT2D eigenvalue weighted by molar-refractivity contribution is 1.02. The number of nitrogens with one attached hydrogen (secondary N) is 1. The predicted molar refractivity (Wildman–Crippen MR) is 81.6 cm³/mol. The first-order valence-corrected chi connectivity index (χ1v) is 6.71. The maximum atomic E-state index is 11.6. The molecule has 0 aliphatic rings. The van der Waals surface area contributed by atoms with Crippen molar-refractivity contribution in [2.45, 2.75) is 0 Å². The molecule has 3 aromatic heterocycles. The monoisotopic (exact) mass is 296 g/mol. The quantitative estimate of drug-likeness (QED) is 0.549. The molecule has 1 N–H and O–H groups in total. The number of pyridine rings is 2. The Morgan fingerprint density at radius 2 is 1.95 bits per heavy atom. The molecule has 6 heteroatoms. The number of hydrogen-bond donors (Lipinski definition) is 1. The van der Waals surface area contributed by atoms with Gasteiger partial charge in [-0.3, -0.25) is 0 Å². The van der Waals surface area contributed by atoms with Crippen molar-refractivity contribution in [3.63, 3.8) is 0 Å². The normalized spacial score (nSPS) is 11.3. The van der Waals surface area contributed by atoms with E-state index < -0.39 is 0 Å². The summed E-state index contributed by atoms with van der Waals surface area (Å²) in [6.07, 6.45) is 3.38. The van der Waals surface area contributed by atoms with Crippen LogP contribution in [-0.2, 0) is 0 Å². The number of aromatic nitrogens is 4. The van der Waals surface area contributed by atoms with Gasteiger partial charge in [-0.2, -0.15) is 5.10 Å². The molecular weight excluding hydrogens is 288 g/mol. The Morgan fingerprint density at radius 1 is 1.10 bits per heavy atom. The molecule has 0 aliphatic carbocycles. The summed E-state index contributed by atoms with van der Waals surface area (Å²) in [5.41, 5.74) is 2.33. The van der Waals surface area contributed by atoms with E-state index in [4.69, 9.17) is 11.6 Å². The molecule has 0 saturated carbocycles. The van der Waals surface area contributed by atoms with Crippen LogP contribution in [0.1, 0.15) is 0 Å². The molecule has 0 spiro atoms. The minimum atomic E-state index is -0.246. The summed E-state index contributed by atoms with van der Waals surface area (Å²) in [5, 5.41) is 8.92. The van der Waals surface area contributed by atoms with Gasteiger partial charge in [-0.1, -0.05) is 23.7 Å². The molecule has 3 heterocycles. The van der Waals surface area contributed by atoms with E-state index in [9.17, 15) is 4.79 Å². The Labute approximate surface area is 123 Å². The van der Waals surface area contributed by atoms with E-state index in [2.05, 4.69) is 15.2 Å². The molecule has 0 bridgehead atoms. The summed E-state index contributed by atoms with van der Waals surface area (Å²) in [6, 6.07) is 11.6. The molecule has 21 heavy (non-hydrogen) atoms. The fourth-order valence-corrected chi connectivity index (χ4v) is 2.62. The Balaban J connectivity index is 2.04. The van der Waals surface area contributed by atoms with Crippen molar-refractivity contribution in [2.75, 3.05) is 0 Å². The molecule has 0 unspecified atom stereocenters. The average molecular weight is 297 g/mol. The van der Waals surface area contributed by atoms with Gasteiger partial charge in [0, 0.05) is 17.8 Å². The molecule has 1 aromatic carbocycles. The van der Waals surface area contributed by atoms with Crippen molar-refractivity contribution in [1.29, 1.82) is 0 Å². The van der Waals surface area contributed by atoms with E-state index in [1.165, 1.54) is 4.40 Å². The van der Waals surface area contributed by atoms with E-state index in [-0.39, 0.29) is 5.69 Å². The summed E-state index contributed by atoms with van der Waals surface area (Å²) in [5.74, 6) is 0. The van der Waals surface area contributed by atoms with Gasteiger partial charge in [0.25, 0.3) is 0 Å². The van der Waals surface area contributed by atoms with E-state index in [1.807, 2.05) is 30.3 Å². The number of halogens is 1. The minimum absolute atomic E-state index is 0.246. The molecule has 5 nitrogen and oxygen atoms in total. The maximum absolute atomic E-state index is 11.6. The van der Waals surface area contributed by atoms with Crippen molar-refractivity contribution in [2.24, 2.45) is 0 Å². The van der Waals surface area contributed by atoms with Crippen LogP contribution in [0.5, 0.6) is 0 Å². The third-order valence-corrected chi connectivity index (χ3v) is 3.67. The minimum Gasteiger partial charge on any atom is -0.250 e. The van der Waals surface area contributed by atoms with Gasteiger partial charge in [0.15, 0.2) is 5.65 Å². The van der Waals surface area contributed by atoms with Gasteiger partial charge < -0.3 is 0 Å². The highest BCUT2D eigenvalue weighted by Crippen LogP contribution is 2.26. The Kier molecular flexibility index (Phi) is 2.55. The summed E-state index contributed by atoms with van der Waals surface area (Å²) in [4.78, 5) is 15.6.